The van der Waals surface area contributed by atoms with E-state index in [-0.39, 0.29) is 0 Å². The van der Waals surface area contributed by atoms with Gasteiger partial charge in [0.05, 0.1) is 0 Å². The van der Waals surface area contributed by atoms with E-state index in [0.29, 0.717) is 5.92 Å². The van der Waals surface area contributed by atoms with Gasteiger partial charge < -0.3 is 14.8 Å². The van der Waals surface area contributed by atoms with Crippen LogP contribution in [0.15, 0.2) is 0 Å². The Morgan fingerprint density at radius 2 is 1.56 bits per heavy atom. The van der Waals surface area contributed by atoms with E-state index >= 15 is 0 Å². The Bertz CT molecular complexity index is 181. The fraction of sp³-hybridized carbons (Fsp3) is 1.00. The van der Waals surface area contributed by atoms with Crippen molar-refractivity contribution < 1.29 is 9.47 Å². The number of rotatable bonds is 12. The first-order valence-corrected chi connectivity index (χ1v) is 7.39. The normalized spacial score (nSPS) is 13.8. The van der Waals surface area contributed by atoms with Crippen LogP contribution < -0.4 is 5.32 Å². The molecule has 1 atom stereocenters. The molecule has 1 unspecified atom stereocenters. The predicted molar refractivity (Wildman–Crippen MR) is 77.8 cm³/mol. The molecule has 0 aliphatic carbocycles. The molecule has 0 amide bonds. The average molecular weight is 259 g/mol. The van der Waals surface area contributed by atoms with Gasteiger partial charge in [-0.3, -0.25) is 0 Å². The fourth-order valence-corrected chi connectivity index (χ4v) is 2.38. The van der Waals surface area contributed by atoms with Crippen LogP contribution in [0.2, 0.25) is 0 Å². The highest BCUT2D eigenvalue weighted by atomic mass is 16.7. The van der Waals surface area contributed by atoms with Crippen LogP contribution in [0.25, 0.3) is 0 Å². The van der Waals surface area contributed by atoms with Crippen LogP contribution in [0.5, 0.6) is 0 Å². The summed E-state index contributed by atoms with van der Waals surface area (Å²) in [4.78, 5) is 0. The van der Waals surface area contributed by atoms with Gasteiger partial charge in [0.2, 0.25) is 0 Å². The second-order valence-corrected chi connectivity index (χ2v) is 5.24. The molecular weight excluding hydrogens is 226 g/mol. The molecule has 0 aliphatic rings. The van der Waals surface area contributed by atoms with Crippen molar-refractivity contribution in [2.45, 2.75) is 64.6 Å². The zero-order valence-corrected chi connectivity index (χ0v) is 13.1. The van der Waals surface area contributed by atoms with Gasteiger partial charge in [0.25, 0.3) is 0 Å². The maximum atomic E-state index is 5.54. The van der Waals surface area contributed by atoms with Crippen molar-refractivity contribution in [3.8, 4) is 0 Å². The van der Waals surface area contributed by atoms with Crippen molar-refractivity contribution in [1.82, 2.24) is 5.32 Å². The van der Waals surface area contributed by atoms with E-state index in [0.717, 1.165) is 13.0 Å². The minimum absolute atomic E-state index is 0.406. The zero-order chi connectivity index (χ0) is 13.9. The largest absolute Gasteiger partial charge is 0.353 e. The lowest BCUT2D eigenvalue weighted by molar-refractivity contribution is -0.227. The molecule has 18 heavy (non-hydrogen) atoms. The Labute approximate surface area is 114 Å². The third-order valence-electron chi connectivity index (χ3n) is 3.91. The summed E-state index contributed by atoms with van der Waals surface area (Å²) in [5, 5.41) is 3.24. The summed E-state index contributed by atoms with van der Waals surface area (Å²) in [5.41, 5.74) is 0. The first-order valence-electron chi connectivity index (χ1n) is 7.39. The second-order valence-electron chi connectivity index (χ2n) is 5.24. The van der Waals surface area contributed by atoms with Crippen LogP contribution >= 0.6 is 0 Å². The SMILES string of the molecule is CCCCCCCCC(CNC)C(C)(OC)OC. The van der Waals surface area contributed by atoms with E-state index in [1.807, 2.05) is 14.0 Å². The minimum Gasteiger partial charge on any atom is -0.353 e. The first-order chi connectivity index (χ1) is 8.64. The molecule has 0 heterocycles. The van der Waals surface area contributed by atoms with E-state index < -0.39 is 5.79 Å². The molecule has 0 bridgehead atoms. The molecule has 0 fully saturated rings. The van der Waals surface area contributed by atoms with Gasteiger partial charge in [0.1, 0.15) is 0 Å². The van der Waals surface area contributed by atoms with Crippen LogP contribution in [-0.4, -0.2) is 33.6 Å². The lowest BCUT2D eigenvalue weighted by atomic mass is 9.92. The van der Waals surface area contributed by atoms with Gasteiger partial charge in [-0.15, -0.1) is 0 Å². The summed E-state index contributed by atoms with van der Waals surface area (Å²) in [6, 6.07) is 0. The molecule has 0 aromatic rings. The van der Waals surface area contributed by atoms with Gasteiger partial charge in [-0.25, -0.2) is 0 Å². The van der Waals surface area contributed by atoms with Crippen molar-refractivity contribution in [1.29, 1.82) is 0 Å². The smallest absolute Gasteiger partial charge is 0.168 e. The van der Waals surface area contributed by atoms with Crippen LogP contribution in [-0.2, 0) is 9.47 Å². The van der Waals surface area contributed by atoms with Crippen LogP contribution in [0.4, 0.5) is 0 Å². The number of nitrogens with one attached hydrogen (secondary N) is 1. The van der Waals surface area contributed by atoms with Gasteiger partial charge in [0, 0.05) is 26.7 Å². The molecule has 110 valence electrons. The molecular formula is C15H33NO2. The number of hydrogen-bond donors (Lipinski definition) is 1. The van der Waals surface area contributed by atoms with Crippen LogP contribution in [0.3, 0.4) is 0 Å². The first kappa shape index (κ1) is 17.9. The van der Waals surface area contributed by atoms with Gasteiger partial charge in [-0.1, -0.05) is 45.4 Å². The van der Waals surface area contributed by atoms with Crippen LogP contribution in [0.1, 0.15) is 58.8 Å². The standard InChI is InChI=1S/C15H33NO2/c1-6-7-8-9-10-11-12-14(13-16-3)15(2,17-4)18-5/h14,16H,6-13H2,1-5H3. The summed E-state index contributed by atoms with van der Waals surface area (Å²) in [7, 11) is 5.45. The summed E-state index contributed by atoms with van der Waals surface area (Å²) >= 11 is 0. The minimum atomic E-state index is -0.466. The maximum Gasteiger partial charge on any atom is 0.168 e. The monoisotopic (exact) mass is 259 g/mol. The van der Waals surface area contributed by atoms with Crippen molar-refractivity contribution in [3.05, 3.63) is 0 Å². The fourth-order valence-electron chi connectivity index (χ4n) is 2.38. The molecule has 0 aromatic carbocycles. The quantitative estimate of drug-likeness (QED) is 0.429. The molecule has 0 radical (unpaired) electrons. The number of methoxy groups -OCH3 is 2. The molecule has 0 spiro atoms. The molecule has 0 saturated carbocycles. The Morgan fingerprint density at radius 1 is 1.00 bits per heavy atom. The van der Waals surface area contributed by atoms with Crippen molar-refractivity contribution in [2.75, 3.05) is 27.8 Å². The topological polar surface area (TPSA) is 30.5 Å². The van der Waals surface area contributed by atoms with Crippen molar-refractivity contribution >= 4 is 0 Å². The lowest BCUT2D eigenvalue weighted by Gasteiger charge is -2.35. The predicted octanol–water partition coefficient (Wildman–Crippen LogP) is 3.58. The molecule has 0 aromatic heterocycles. The summed E-state index contributed by atoms with van der Waals surface area (Å²) in [6.45, 7) is 5.23. The van der Waals surface area contributed by atoms with Gasteiger partial charge in [-0.2, -0.15) is 0 Å². The van der Waals surface area contributed by atoms with Crippen molar-refractivity contribution in [2.24, 2.45) is 5.92 Å². The second kappa shape index (κ2) is 10.8. The lowest BCUT2D eigenvalue weighted by Crippen LogP contribution is -2.43. The number of hydrogen-bond acceptors (Lipinski definition) is 3. The molecule has 3 heteroatoms. The highest BCUT2D eigenvalue weighted by molar-refractivity contribution is 4.76. The average Bonchev–Trinajstić information content (AvgIpc) is 2.40. The van der Waals surface area contributed by atoms with E-state index in [1.165, 1.54) is 38.5 Å². The highest BCUT2D eigenvalue weighted by Crippen LogP contribution is 2.26. The molecule has 3 nitrogen and oxygen atoms in total. The molecule has 1 N–H and O–H groups in total. The third kappa shape index (κ3) is 6.72. The number of ether oxygens (including phenoxy) is 2. The van der Waals surface area contributed by atoms with Crippen LogP contribution in [0, 0.1) is 5.92 Å². The summed E-state index contributed by atoms with van der Waals surface area (Å²) in [5.74, 6) is -0.0597. The maximum absolute atomic E-state index is 5.54. The van der Waals surface area contributed by atoms with E-state index in [2.05, 4.69) is 12.2 Å². The Balaban J connectivity index is 3.96. The third-order valence-corrected chi connectivity index (χ3v) is 3.91. The number of unbranched alkanes of at least 4 members (excludes halogenated alkanes) is 5. The van der Waals surface area contributed by atoms with Gasteiger partial charge in [0.15, 0.2) is 5.79 Å². The molecule has 0 saturated heterocycles. The zero-order valence-electron chi connectivity index (χ0n) is 13.1. The Morgan fingerprint density at radius 3 is 2.06 bits per heavy atom. The van der Waals surface area contributed by atoms with Gasteiger partial charge >= 0.3 is 0 Å². The van der Waals surface area contributed by atoms with E-state index in [4.69, 9.17) is 9.47 Å². The molecule has 0 aliphatic heterocycles. The van der Waals surface area contributed by atoms with E-state index in [9.17, 15) is 0 Å². The summed E-state index contributed by atoms with van der Waals surface area (Å²) in [6.07, 6.45) is 9.16. The molecule has 0 rings (SSSR count). The van der Waals surface area contributed by atoms with Gasteiger partial charge in [-0.05, 0) is 20.4 Å². The summed E-state index contributed by atoms with van der Waals surface area (Å²) < 4.78 is 11.1. The van der Waals surface area contributed by atoms with E-state index in [1.54, 1.807) is 14.2 Å². The Kier molecular flexibility index (Phi) is 10.7. The highest BCUT2D eigenvalue weighted by Gasteiger charge is 2.33. The van der Waals surface area contributed by atoms with Crippen molar-refractivity contribution in [3.63, 3.8) is 0 Å². The Hall–Kier alpha value is -0.120.